The van der Waals surface area contributed by atoms with E-state index in [0.717, 1.165) is 14.8 Å². The van der Waals surface area contributed by atoms with Gasteiger partial charge >= 0.3 is 0 Å². The molecular weight excluding hydrogens is 513 g/mol. The Hall–Kier alpha value is -2.96. The van der Waals surface area contributed by atoms with Gasteiger partial charge in [-0.15, -0.1) is 0 Å². The van der Waals surface area contributed by atoms with Crippen molar-refractivity contribution in [2.45, 2.75) is 13.8 Å². The van der Waals surface area contributed by atoms with Crippen molar-refractivity contribution in [2.24, 2.45) is 0 Å². The molecule has 148 valence electrons. The molecule has 0 amide bonds. The van der Waals surface area contributed by atoms with Gasteiger partial charge in [0.15, 0.2) is 5.82 Å². The van der Waals surface area contributed by atoms with Crippen molar-refractivity contribution in [1.82, 2.24) is 19.7 Å². The van der Waals surface area contributed by atoms with Gasteiger partial charge in [-0.25, -0.2) is 9.67 Å². The number of benzene rings is 2. The molecule has 0 saturated heterocycles. The van der Waals surface area contributed by atoms with Crippen molar-refractivity contribution in [2.75, 3.05) is 0 Å². The summed E-state index contributed by atoms with van der Waals surface area (Å²) < 4.78 is 2.55. The molecule has 6 nitrogen and oxygen atoms in total. The summed E-state index contributed by atoms with van der Waals surface area (Å²) in [6.45, 7) is 3.82. The van der Waals surface area contributed by atoms with Crippen LogP contribution in [-0.4, -0.2) is 19.7 Å². The molecule has 0 saturated carbocycles. The van der Waals surface area contributed by atoms with Gasteiger partial charge in [-0.1, -0.05) is 29.3 Å². The molecule has 30 heavy (non-hydrogen) atoms. The quantitative estimate of drug-likeness (QED) is 0.298. The van der Waals surface area contributed by atoms with Crippen molar-refractivity contribution in [3.63, 3.8) is 0 Å². The zero-order valence-corrected chi connectivity index (χ0v) is 19.0. The number of hydrogen-bond acceptors (Lipinski definition) is 4. The molecule has 4 aromatic rings. The number of nitrogens with one attached hydrogen (secondary N) is 1. The molecule has 0 bridgehead atoms. The predicted octanol–water partition coefficient (Wildman–Crippen LogP) is 5.05. The van der Waals surface area contributed by atoms with Crippen LogP contribution in [0, 0.1) is 28.7 Å². The molecule has 2 aromatic heterocycles. The van der Waals surface area contributed by atoms with Crippen LogP contribution in [0.15, 0.2) is 47.3 Å². The first-order valence-corrected chi connectivity index (χ1v) is 10.5. The molecule has 0 radical (unpaired) electrons. The van der Waals surface area contributed by atoms with Crippen LogP contribution in [0.4, 0.5) is 0 Å². The minimum absolute atomic E-state index is 0.190. The van der Waals surface area contributed by atoms with E-state index in [1.54, 1.807) is 22.9 Å². The van der Waals surface area contributed by atoms with Crippen molar-refractivity contribution in [3.05, 3.63) is 84.2 Å². The Balaban J connectivity index is 1.83. The standard InChI is InChI=1S/C22H15ClIN5O/c1-12-3-6-16(7-4-12)29-20(23)17(13(2)28-29)9-14(11-25)21-26-19-8-5-15(24)10-18(19)22(30)27-21/h3-10H,1-2H3,(H,26,27,30)/b14-9+. The fraction of sp³-hybridized carbons (Fsp3) is 0.0909. The number of fused-ring (bicyclic) bond motifs is 1. The van der Waals surface area contributed by atoms with E-state index < -0.39 is 0 Å². The van der Waals surface area contributed by atoms with Gasteiger partial charge in [0.25, 0.3) is 5.56 Å². The number of aryl methyl sites for hydroxylation is 2. The molecule has 0 aliphatic rings. The molecule has 2 aromatic carbocycles. The second-order valence-electron chi connectivity index (χ2n) is 6.78. The number of halogens is 2. The van der Waals surface area contributed by atoms with Crippen LogP contribution in [0.25, 0.3) is 28.2 Å². The number of nitrogens with zero attached hydrogens (tertiary/aromatic N) is 4. The van der Waals surface area contributed by atoms with Crippen LogP contribution >= 0.6 is 34.2 Å². The van der Waals surface area contributed by atoms with E-state index in [9.17, 15) is 10.1 Å². The highest BCUT2D eigenvalue weighted by molar-refractivity contribution is 14.1. The van der Waals surface area contributed by atoms with Crippen molar-refractivity contribution in [3.8, 4) is 11.8 Å². The first kappa shape index (κ1) is 20.3. The highest BCUT2D eigenvalue weighted by Gasteiger charge is 2.16. The third kappa shape index (κ3) is 3.76. The Morgan fingerprint density at radius 3 is 2.67 bits per heavy atom. The fourth-order valence-electron chi connectivity index (χ4n) is 3.07. The molecular formula is C22H15ClIN5O. The summed E-state index contributed by atoms with van der Waals surface area (Å²) in [6.07, 6.45) is 1.60. The third-order valence-corrected chi connectivity index (χ3v) is 5.69. The molecule has 4 rings (SSSR count). The summed E-state index contributed by atoms with van der Waals surface area (Å²) in [7, 11) is 0. The van der Waals surface area contributed by atoms with E-state index >= 15 is 0 Å². The molecule has 8 heteroatoms. The number of aromatic amines is 1. The summed E-state index contributed by atoms with van der Waals surface area (Å²) in [6, 6.07) is 15.3. The molecule has 0 unspecified atom stereocenters. The minimum Gasteiger partial charge on any atom is -0.305 e. The highest BCUT2D eigenvalue weighted by Crippen LogP contribution is 2.27. The number of hydrogen-bond donors (Lipinski definition) is 1. The normalized spacial score (nSPS) is 11.6. The fourth-order valence-corrected chi connectivity index (χ4v) is 3.89. The van der Waals surface area contributed by atoms with Crippen LogP contribution < -0.4 is 5.56 Å². The number of aromatic nitrogens is 4. The van der Waals surface area contributed by atoms with Gasteiger partial charge < -0.3 is 4.98 Å². The van der Waals surface area contributed by atoms with Gasteiger partial charge in [0.1, 0.15) is 11.2 Å². The summed E-state index contributed by atoms with van der Waals surface area (Å²) in [5.74, 6) is 0.190. The second-order valence-corrected chi connectivity index (χ2v) is 8.39. The molecule has 0 fully saturated rings. The lowest BCUT2D eigenvalue weighted by Gasteiger charge is -2.04. The van der Waals surface area contributed by atoms with Crippen LogP contribution in [0.3, 0.4) is 0 Å². The van der Waals surface area contributed by atoms with Crippen molar-refractivity contribution < 1.29 is 0 Å². The number of nitriles is 1. The lowest BCUT2D eigenvalue weighted by Crippen LogP contribution is -2.11. The largest absolute Gasteiger partial charge is 0.305 e. The van der Waals surface area contributed by atoms with Gasteiger partial charge in [0, 0.05) is 9.13 Å². The van der Waals surface area contributed by atoms with E-state index in [1.807, 2.05) is 44.2 Å². The zero-order valence-electron chi connectivity index (χ0n) is 16.1. The monoisotopic (exact) mass is 527 g/mol. The maximum atomic E-state index is 12.5. The van der Waals surface area contributed by atoms with Crippen LogP contribution in [0.1, 0.15) is 22.6 Å². The maximum absolute atomic E-state index is 12.5. The summed E-state index contributed by atoms with van der Waals surface area (Å²) >= 11 is 8.73. The Morgan fingerprint density at radius 1 is 1.23 bits per heavy atom. The molecule has 0 aliphatic heterocycles. The van der Waals surface area contributed by atoms with Crippen LogP contribution in [0.2, 0.25) is 5.15 Å². The lowest BCUT2D eigenvalue weighted by atomic mass is 10.1. The average molecular weight is 528 g/mol. The van der Waals surface area contributed by atoms with Gasteiger partial charge in [0.05, 0.1) is 27.9 Å². The van der Waals surface area contributed by atoms with E-state index in [2.05, 4.69) is 43.7 Å². The highest BCUT2D eigenvalue weighted by atomic mass is 127. The molecule has 0 atom stereocenters. The number of H-pyrrole nitrogens is 1. The van der Waals surface area contributed by atoms with Crippen LogP contribution in [-0.2, 0) is 0 Å². The van der Waals surface area contributed by atoms with E-state index in [-0.39, 0.29) is 17.0 Å². The van der Waals surface area contributed by atoms with E-state index in [0.29, 0.717) is 27.3 Å². The zero-order chi connectivity index (χ0) is 21.4. The Bertz CT molecular complexity index is 1410. The molecule has 1 N–H and O–H groups in total. The minimum atomic E-state index is -0.298. The SMILES string of the molecule is Cc1ccc(-n2nc(C)c(/C=C(\C#N)c3nc4ccc(I)cc4c(=O)[nH]3)c2Cl)cc1. The van der Waals surface area contributed by atoms with Gasteiger partial charge in [-0.2, -0.15) is 10.4 Å². The maximum Gasteiger partial charge on any atom is 0.259 e. The Morgan fingerprint density at radius 2 is 1.97 bits per heavy atom. The van der Waals surface area contributed by atoms with Crippen LogP contribution in [0.5, 0.6) is 0 Å². The smallest absolute Gasteiger partial charge is 0.259 e. The van der Waals surface area contributed by atoms with E-state index in [4.69, 9.17) is 11.6 Å². The van der Waals surface area contributed by atoms with E-state index in [1.165, 1.54) is 0 Å². The number of rotatable bonds is 3. The summed E-state index contributed by atoms with van der Waals surface area (Å²) in [5, 5.41) is 15.1. The Labute approximate surface area is 191 Å². The summed E-state index contributed by atoms with van der Waals surface area (Å²) in [5.41, 5.74) is 3.62. The molecule has 2 heterocycles. The summed E-state index contributed by atoms with van der Waals surface area (Å²) in [4.78, 5) is 19.7. The van der Waals surface area contributed by atoms with Crippen molar-refractivity contribution in [1.29, 1.82) is 5.26 Å². The first-order chi connectivity index (χ1) is 14.4. The third-order valence-electron chi connectivity index (χ3n) is 4.66. The molecule has 0 aliphatic carbocycles. The predicted molar refractivity (Wildman–Crippen MR) is 127 cm³/mol. The van der Waals surface area contributed by atoms with Gasteiger partial charge in [-0.05, 0) is 72.8 Å². The lowest BCUT2D eigenvalue weighted by molar-refractivity contribution is 0.863. The Kier molecular flexibility index (Phi) is 5.45. The van der Waals surface area contributed by atoms with Gasteiger partial charge in [-0.3, -0.25) is 4.79 Å². The van der Waals surface area contributed by atoms with Gasteiger partial charge in [0.2, 0.25) is 0 Å². The van der Waals surface area contributed by atoms with Crippen molar-refractivity contribution >= 4 is 56.7 Å². The average Bonchev–Trinajstić information content (AvgIpc) is 3.00. The first-order valence-electron chi connectivity index (χ1n) is 9.01. The topological polar surface area (TPSA) is 87.4 Å². The number of allylic oxidation sites excluding steroid dienone is 1. The second kappa shape index (κ2) is 8.05. The molecule has 0 spiro atoms.